The molecule has 2 N–H and O–H groups in total. The van der Waals surface area contributed by atoms with E-state index in [2.05, 4.69) is 22.1 Å². The monoisotopic (exact) mass is 289 g/mol. The molecule has 0 aromatic heterocycles. The fraction of sp³-hybridized carbons (Fsp3) is 0.438. The van der Waals surface area contributed by atoms with Gasteiger partial charge in [-0.15, -0.1) is 0 Å². The van der Waals surface area contributed by atoms with Crippen LogP contribution in [0.5, 0.6) is 5.75 Å². The standard InChI is InChI=1S/C16H23N3O2/c1-4-16(20)18-12-10-13(17-2)15(21-3)11-14(12)19-8-6-5-7-9-19/h4,10-11,17H,1,5-9H2,2-3H3,(H,18,20). The highest BCUT2D eigenvalue weighted by molar-refractivity contribution is 6.02. The van der Waals surface area contributed by atoms with Crippen molar-refractivity contribution >= 4 is 23.0 Å². The predicted octanol–water partition coefficient (Wildman–Crippen LogP) is 2.85. The first-order valence-electron chi connectivity index (χ1n) is 7.27. The lowest BCUT2D eigenvalue weighted by molar-refractivity contribution is -0.111. The lowest BCUT2D eigenvalue weighted by Crippen LogP contribution is -2.30. The van der Waals surface area contributed by atoms with E-state index < -0.39 is 0 Å². The summed E-state index contributed by atoms with van der Waals surface area (Å²) in [5.41, 5.74) is 2.63. The summed E-state index contributed by atoms with van der Waals surface area (Å²) in [5.74, 6) is 0.565. The van der Waals surface area contributed by atoms with Gasteiger partial charge in [0.25, 0.3) is 0 Å². The van der Waals surface area contributed by atoms with E-state index >= 15 is 0 Å². The number of piperidine rings is 1. The van der Waals surface area contributed by atoms with E-state index in [1.165, 1.54) is 25.3 Å². The second kappa shape index (κ2) is 7.02. The van der Waals surface area contributed by atoms with Crippen LogP contribution < -0.4 is 20.3 Å². The molecule has 0 unspecified atom stereocenters. The van der Waals surface area contributed by atoms with Crippen LogP contribution in [0.25, 0.3) is 0 Å². The zero-order valence-electron chi connectivity index (χ0n) is 12.7. The van der Waals surface area contributed by atoms with Crippen LogP contribution in [0.1, 0.15) is 19.3 Å². The summed E-state index contributed by atoms with van der Waals surface area (Å²) >= 11 is 0. The van der Waals surface area contributed by atoms with Crippen LogP contribution in [0.15, 0.2) is 24.8 Å². The third-order valence-corrected chi connectivity index (χ3v) is 3.73. The minimum absolute atomic E-state index is 0.208. The Morgan fingerprint density at radius 3 is 2.57 bits per heavy atom. The Hall–Kier alpha value is -2.17. The topological polar surface area (TPSA) is 53.6 Å². The molecule has 0 atom stereocenters. The number of methoxy groups -OCH3 is 1. The summed E-state index contributed by atoms with van der Waals surface area (Å²) in [6, 6.07) is 3.89. The van der Waals surface area contributed by atoms with E-state index in [1.807, 2.05) is 19.2 Å². The minimum atomic E-state index is -0.208. The molecule has 1 heterocycles. The molecule has 5 heteroatoms. The molecule has 0 radical (unpaired) electrons. The number of carbonyl (C=O) groups is 1. The van der Waals surface area contributed by atoms with Gasteiger partial charge in [0, 0.05) is 26.2 Å². The van der Waals surface area contributed by atoms with E-state index in [1.54, 1.807) is 7.11 Å². The highest BCUT2D eigenvalue weighted by atomic mass is 16.5. The summed E-state index contributed by atoms with van der Waals surface area (Å²) in [4.78, 5) is 14.0. The quantitative estimate of drug-likeness (QED) is 0.818. The Labute approximate surface area is 126 Å². The van der Waals surface area contributed by atoms with E-state index in [0.717, 1.165) is 35.9 Å². The number of nitrogens with zero attached hydrogens (tertiary/aromatic N) is 1. The van der Waals surface area contributed by atoms with E-state index in [-0.39, 0.29) is 5.91 Å². The van der Waals surface area contributed by atoms with Crippen LogP contribution in [0, 0.1) is 0 Å². The van der Waals surface area contributed by atoms with Crippen LogP contribution in [0.4, 0.5) is 17.1 Å². The molecule has 1 aromatic carbocycles. The summed E-state index contributed by atoms with van der Waals surface area (Å²) in [7, 11) is 3.48. The van der Waals surface area contributed by atoms with Crippen molar-refractivity contribution in [3.05, 3.63) is 24.8 Å². The first-order chi connectivity index (χ1) is 10.2. The van der Waals surface area contributed by atoms with Gasteiger partial charge < -0.3 is 20.3 Å². The van der Waals surface area contributed by atoms with Crippen molar-refractivity contribution in [1.82, 2.24) is 0 Å². The maximum atomic E-state index is 11.7. The molecule has 0 bridgehead atoms. The Kier molecular flexibility index (Phi) is 5.09. The second-order valence-electron chi connectivity index (χ2n) is 5.06. The molecule has 21 heavy (non-hydrogen) atoms. The zero-order valence-corrected chi connectivity index (χ0v) is 12.7. The molecule has 0 saturated carbocycles. The lowest BCUT2D eigenvalue weighted by atomic mass is 10.1. The highest BCUT2D eigenvalue weighted by Crippen LogP contribution is 2.37. The Bertz CT molecular complexity index is 522. The molecule has 1 saturated heterocycles. The molecule has 1 aliphatic heterocycles. The van der Waals surface area contributed by atoms with Gasteiger partial charge in [0.15, 0.2) is 0 Å². The molecule has 0 spiro atoms. The van der Waals surface area contributed by atoms with E-state index in [4.69, 9.17) is 4.74 Å². The van der Waals surface area contributed by atoms with Crippen LogP contribution >= 0.6 is 0 Å². The largest absolute Gasteiger partial charge is 0.495 e. The van der Waals surface area contributed by atoms with Gasteiger partial charge >= 0.3 is 0 Å². The first kappa shape index (κ1) is 15.2. The smallest absolute Gasteiger partial charge is 0.247 e. The Morgan fingerprint density at radius 1 is 1.29 bits per heavy atom. The van der Waals surface area contributed by atoms with Crippen molar-refractivity contribution in [2.45, 2.75) is 19.3 Å². The molecule has 1 aromatic rings. The van der Waals surface area contributed by atoms with Crippen molar-refractivity contribution in [2.75, 3.05) is 42.8 Å². The van der Waals surface area contributed by atoms with Gasteiger partial charge in [-0.1, -0.05) is 6.58 Å². The molecule has 1 amide bonds. The summed E-state index contributed by atoms with van der Waals surface area (Å²) < 4.78 is 5.43. The Morgan fingerprint density at radius 2 is 2.00 bits per heavy atom. The van der Waals surface area contributed by atoms with Crippen LogP contribution in [0.3, 0.4) is 0 Å². The SMILES string of the molecule is C=CC(=O)Nc1cc(NC)c(OC)cc1N1CCCCC1. The van der Waals surface area contributed by atoms with Crippen LogP contribution in [-0.2, 0) is 4.79 Å². The summed E-state index contributed by atoms with van der Waals surface area (Å²) in [6.45, 7) is 5.51. The number of nitrogens with one attached hydrogen (secondary N) is 2. The van der Waals surface area contributed by atoms with Crippen molar-refractivity contribution < 1.29 is 9.53 Å². The summed E-state index contributed by atoms with van der Waals surface area (Å²) in [6.07, 6.45) is 4.88. The van der Waals surface area contributed by atoms with Crippen molar-refractivity contribution in [3.63, 3.8) is 0 Å². The molecule has 5 nitrogen and oxygen atoms in total. The van der Waals surface area contributed by atoms with Crippen molar-refractivity contribution in [3.8, 4) is 5.75 Å². The normalized spacial score (nSPS) is 14.5. The van der Waals surface area contributed by atoms with Crippen molar-refractivity contribution in [1.29, 1.82) is 0 Å². The molecular weight excluding hydrogens is 266 g/mol. The molecule has 0 aliphatic carbocycles. The second-order valence-corrected chi connectivity index (χ2v) is 5.06. The van der Waals surface area contributed by atoms with Gasteiger partial charge in [-0.05, 0) is 31.4 Å². The number of rotatable bonds is 5. The summed E-state index contributed by atoms with van der Waals surface area (Å²) in [5, 5.41) is 5.98. The van der Waals surface area contributed by atoms with Crippen LogP contribution in [0.2, 0.25) is 0 Å². The average molecular weight is 289 g/mol. The number of benzene rings is 1. The highest BCUT2D eigenvalue weighted by Gasteiger charge is 2.18. The van der Waals surface area contributed by atoms with Gasteiger partial charge in [-0.2, -0.15) is 0 Å². The van der Waals surface area contributed by atoms with Gasteiger partial charge in [0.1, 0.15) is 5.75 Å². The molecular formula is C16H23N3O2. The van der Waals surface area contributed by atoms with Gasteiger partial charge in [0.05, 0.1) is 24.2 Å². The molecule has 114 valence electrons. The van der Waals surface area contributed by atoms with Gasteiger partial charge in [-0.3, -0.25) is 4.79 Å². The van der Waals surface area contributed by atoms with Gasteiger partial charge in [0.2, 0.25) is 5.91 Å². The number of hydrogen-bond acceptors (Lipinski definition) is 4. The van der Waals surface area contributed by atoms with Gasteiger partial charge in [-0.25, -0.2) is 0 Å². The number of ether oxygens (including phenoxy) is 1. The molecule has 1 aliphatic rings. The maximum absolute atomic E-state index is 11.7. The predicted molar refractivity (Wildman–Crippen MR) is 87.4 cm³/mol. The fourth-order valence-corrected chi connectivity index (χ4v) is 2.61. The zero-order chi connectivity index (χ0) is 15.2. The third kappa shape index (κ3) is 3.48. The molecule has 2 rings (SSSR count). The first-order valence-corrected chi connectivity index (χ1v) is 7.27. The lowest BCUT2D eigenvalue weighted by Gasteiger charge is -2.31. The Balaban J connectivity index is 2.42. The molecule has 1 fully saturated rings. The number of hydrogen-bond donors (Lipinski definition) is 2. The minimum Gasteiger partial charge on any atom is -0.495 e. The van der Waals surface area contributed by atoms with Crippen LogP contribution in [-0.4, -0.2) is 33.2 Å². The third-order valence-electron chi connectivity index (χ3n) is 3.73. The van der Waals surface area contributed by atoms with E-state index in [0.29, 0.717) is 0 Å². The number of amides is 1. The van der Waals surface area contributed by atoms with Crippen molar-refractivity contribution in [2.24, 2.45) is 0 Å². The maximum Gasteiger partial charge on any atom is 0.247 e. The average Bonchev–Trinajstić information content (AvgIpc) is 2.55. The number of anilines is 3. The van der Waals surface area contributed by atoms with E-state index in [9.17, 15) is 4.79 Å². The fourth-order valence-electron chi connectivity index (χ4n) is 2.61. The number of carbonyl (C=O) groups excluding carboxylic acids is 1.